The molecule has 1 fully saturated rings. The molecular formula is C15H22O4. The largest absolute Gasteiger partial charge is 0.497 e. The third-order valence-electron chi connectivity index (χ3n) is 3.49. The number of rotatable bonds is 5. The second-order valence-corrected chi connectivity index (χ2v) is 4.95. The molecule has 0 bridgehead atoms. The van der Waals surface area contributed by atoms with E-state index in [2.05, 4.69) is 0 Å². The van der Waals surface area contributed by atoms with Crippen LogP contribution in [0.5, 0.6) is 11.5 Å². The van der Waals surface area contributed by atoms with Crippen molar-refractivity contribution >= 4 is 0 Å². The van der Waals surface area contributed by atoms with Crippen LogP contribution in [0.25, 0.3) is 0 Å². The number of aliphatic hydroxyl groups is 1. The molecule has 1 aliphatic rings. The van der Waals surface area contributed by atoms with Crippen molar-refractivity contribution in [3.63, 3.8) is 0 Å². The van der Waals surface area contributed by atoms with Crippen molar-refractivity contribution in [2.75, 3.05) is 26.9 Å². The molecule has 1 saturated heterocycles. The number of aliphatic hydroxyl groups excluding tert-OH is 1. The second-order valence-electron chi connectivity index (χ2n) is 4.95. The molecule has 1 aliphatic heterocycles. The molecular weight excluding hydrogens is 244 g/mol. The lowest BCUT2D eigenvalue weighted by molar-refractivity contribution is 0.0491. The maximum atomic E-state index is 9.76. The Morgan fingerprint density at radius 3 is 2.74 bits per heavy atom. The summed E-state index contributed by atoms with van der Waals surface area (Å²) >= 11 is 0. The van der Waals surface area contributed by atoms with E-state index in [0.717, 1.165) is 37.4 Å². The molecule has 0 aromatic heterocycles. The third-order valence-corrected chi connectivity index (χ3v) is 3.49. The highest BCUT2D eigenvalue weighted by Gasteiger charge is 2.16. The fourth-order valence-corrected chi connectivity index (χ4v) is 2.23. The summed E-state index contributed by atoms with van der Waals surface area (Å²) in [7, 11) is 1.62. The van der Waals surface area contributed by atoms with Gasteiger partial charge in [-0.2, -0.15) is 0 Å². The van der Waals surface area contributed by atoms with Crippen LogP contribution in [0.4, 0.5) is 0 Å². The first-order chi connectivity index (χ1) is 9.20. The molecule has 0 amide bonds. The number of benzene rings is 1. The van der Waals surface area contributed by atoms with Crippen LogP contribution < -0.4 is 9.47 Å². The quantitative estimate of drug-likeness (QED) is 0.889. The Labute approximate surface area is 114 Å². The number of hydrogen-bond donors (Lipinski definition) is 1. The van der Waals surface area contributed by atoms with Gasteiger partial charge in [0.25, 0.3) is 0 Å². The highest BCUT2D eigenvalue weighted by Crippen LogP contribution is 2.30. The van der Waals surface area contributed by atoms with Gasteiger partial charge in [0.15, 0.2) is 0 Å². The van der Waals surface area contributed by atoms with Gasteiger partial charge >= 0.3 is 0 Å². The molecule has 0 aliphatic carbocycles. The Morgan fingerprint density at radius 1 is 1.37 bits per heavy atom. The predicted octanol–water partition coefficient (Wildman–Crippen LogP) is 2.55. The molecule has 2 rings (SSSR count). The van der Waals surface area contributed by atoms with Gasteiger partial charge in [-0.3, -0.25) is 0 Å². The summed E-state index contributed by atoms with van der Waals surface area (Å²) in [5.41, 5.74) is 0.799. The van der Waals surface area contributed by atoms with Gasteiger partial charge < -0.3 is 19.3 Å². The molecule has 0 unspecified atom stereocenters. The molecule has 0 saturated carbocycles. The molecule has 1 aromatic rings. The van der Waals surface area contributed by atoms with Crippen LogP contribution >= 0.6 is 0 Å². The van der Waals surface area contributed by atoms with Crippen molar-refractivity contribution < 1.29 is 19.3 Å². The van der Waals surface area contributed by atoms with Crippen LogP contribution in [0.2, 0.25) is 0 Å². The molecule has 4 nitrogen and oxygen atoms in total. The van der Waals surface area contributed by atoms with E-state index in [1.54, 1.807) is 14.0 Å². The number of hydrogen-bond acceptors (Lipinski definition) is 4. The van der Waals surface area contributed by atoms with Crippen LogP contribution in [0.1, 0.15) is 31.4 Å². The van der Waals surface area contributed by atoms with Crippen LogP contribution in [0.3, 0.4) is 0 Å². The highest BCUT2D eigenvalue weighted by molar-refractivity contribution is 5.41. The smallest absolute Gasteiger partial charge is 0.128 e. The molecule has 4 heteroatoms. The van der Waals surface area contributed by atoms with Crippen LogP contribution in [-0.4, -0.2) is 32.0 Å². The topological polar surface area (TPSA) is 47.9 Å². The third kappa shape index (κ3) is 3.85. The zero-order valence-electron chi connectivity index (χ0n) is 11.6. The summed E-state index contributed by atoms with van der Waals surface area (Å²) in [6.45, 7) is 4.03. The molecule has 1 heterocycles. The van der Waals surface area contributed by atoms with Gasteiger partial charge in [-0.1, -0.05) is 0 Å². The first-order valence-corrected chi connectivity index (χ1v) is 6.77. The minimum Gasteiger partial charge on any atom is -0.497 e. The minimum atomic E-state index is -0.546. The summed E-state index contributed by atoms with van der Waals surface area (Å²) in [5.74, 6) is 1.98. The standard InChI is InChI=1S/C15H22O4/c1-11(16)14-4-3-13(17-2)9-15(14)19-10-12-5-7-18-8-6-12/h3-4,9,11-12,16H,5-8,10H2,1-2H3/t11-/m0/s1. The summed E-state index contributed by atoms with van der Waals surface area (Å²) in [6, 6.07) is 5.52. The number of methoxy groups -OCH3 is 1. The summed E-state index contributed by atoms with van der Waals surface area (Å²) in [4.78, 5) is 0. The van der Waals surface area contributed by atoms with E-state index in [-0.39, 0.29) is 0 Å². The first-order valence-electron chi connectivity index (χ1n) is 6.77. The number of ether oxygens (including phenoxy) is 3. The van der Waals surface area contributed by atoms with Gasteiger partial charge in [-0.25, -0.2) is 0 Å². The van der Waals surface area contributed by atoms with E-state index in [0.29, 0.717) is 18.3 Å². The second kappa shape index (κ2) is 6.78. The van der Waals surface area contributed by atoms with Crippen molar-refractivity contribution in [1.82, 2.24) is 0 Å². The Kier molecular flexibility index (Phi) is 5.05. The van der Waals surface area contributed by atoms with E-state index in [4.69, 9.17) is 14.2 Å². The van der Waals surface area contributed by atoms with E-state index in [1.165, 1.54) is 0 Å². The van der Waals surface area contributed by atoms with E-state index in [1.807, 2.05) is 18.2 Å². The van der Waals surface area contributed by atoms with Crippen LogP contribution in [-0.2, 0) is 4.74 Å². The van der Waals surface area contributed by atoms with Crippen molar-refractivity contribution in [2.24, 2.45) is 5.92 Å². The Balaban J connectivity index is 2.03. The first kappa shape index (κ1) is 14.2. The lowest BCUT2D eigenvalue weighted by atomic mass is 10.0. The SMILES string of the molecule is COc1ccc([C@H](C)O)c(OCC2CCOCC2)c1. The molecule has 1 atom stereocenters. The predicted molar refractivity (Wildman–Crippen MR) is 72.7 cm³/mol. The Bertz CT molecular complexity index is 397. The average Bonchev–Trinajstić information content (AvgIpc) is 2.45. The van der Waals surface area contributed by atoms with Crippen LogP contribution in [0, 0.1) is 5.92 Å². The molecule has 19 heavy (non-hydrogen) atoms. The van der Waals surface area contributed by atoms with E-state index >= 15 is 0 Å². The molecule has 0 radical (unpaired) electrons. The Hall–Kier alpha value is -1.26. The fourth-order valence-electron chi connectivity index (χ4n) is 2.23. The molecule has 0 spiro atoms. The summed E-state index contributed by atoms with van der Waals surface area (Å²) in [5, 5.41) is 9.76. The monoisotopic (exact) mass is 266 g/mol. The minimum absolute atomic E-state index is 0.529. The molecule has 1 N–H and O–H groups in total. The van der Waals surface area contributed by atoms with E-state index in [9.17, 15) is 5.11 Å². The van der Waals surface area contributed by atoms with Crippen LogP contribution in [0.15, 0.2) is 18.2 Å². The average molecular weight is 266 g/mol. The van der Waals surface area contributed by atoms with Gasteiger partial charge in [0.1, 0.15) is 11.5 Å². The molecule has 106 valence electrons. The van der Waals surface area contributed by atoms with Gasteiger partial charge in [0, 0.05) is 24.8 Å². The molecule has 1 aromatic carbocycles. The maximum absolute atomic E-state index is 9.76. The summed E-state index contributed by atoms with van der Waals surface area (Å²) < 4.78 is 16.4. The van der Waals surface area contributed by atoms with Gasteiger partial charge in [-0.05, 0) is 37.8 Å². The highest BCUT2D eigenvalue weighted by atomic mass is 16.5. The Morgan fingerprint density at radius 2 is 2.11 bits per heavy atom. The lowest BCUT2D eigenvalue weighted by Crippen LogP contribution is -2.21. The zero-order chi connectivity index (χ0) is 13.7. The fraction of sp³-hybridized carbons (Fsp3) is 0.600. The van der Waals surface area contributed by atoms with Gasteiger partial charge in [0.2, 0.25) is 0 Å². The lowest BCUT2D eigenvalue weighted by Gasteiger charge is -2.23. The van der Waals surface area contributed by atoms with Gasteiger partial charge in [0.05, 0.1) is 19.8 Å². The van der Waals surface area contributed by atoms with E-state index < -0.39 is 6.10 Å². The van der Waals surface area contributed by atoms with Crippen molar-refractivity contribution in [1.29, 1.82) is 0 Å². The summed E-state index contributed by atoms with van der Waals surface area (Å²) in [6.07, 6.45) is 1.53. The van der Waals surface area contributed by atoms with Crippen molar-refractivity contribution in [2.45, 2.75) is 25.9 Å². The van der Waals surface area contributed by atoms with Gasteiger partial charge in [-0.15, -0.1) is 0 Å². The van der Waals surface area contributed by atoms with Crippen molar-refractivity contribution in [3.05, 3.63) is 23.8 Å². The zero-order valence-corrected chi connectivity index (χ0v) is 11.6. The van der Waals surface area contributed by atoms with Crippen molar-refractivity contribution in [3.8, 4) is 11.5 Å². The normalized spacial score (nSPS) is 18.1. The maximum Gasteiger partial charge on any atom is 0.128 e.